The molecule has 1 amide bonds. The van der Waals surface area contributed by atoms with Gasteiger partial charge in [-0.1, -0.05) is 6.07 Å². The average molecular weight is 331 g/mol. The lowest BCUT2D eigenvalue weighted by Gasteiger charge is -2.42. The lowest BCUT2D eigenvalue weighted by atomic mass is 9.77. The van der Waals surface area contributed by atoms with Gasteiger partial charge in [-0.05, 0) is 68.2 Å². The molecular formula is C20H29NO3. The molecule has 1 fully saturated rings. The van der Waals surface area contributed by atoms with Gasteiger partial charge in [0.1, 0.15) is 0 Å². The van der Waals surface area contributed by atoms with Crippen LogP contribution in [0, 0.1) is 5.41 Å². The Labute approximate surface area is 144 Å². The van der Waals surface area contributed by atoms with E-state index in [-0.39, 0.29) is 17.9 Å². The molecule has 1 heterocycles. The van der Waals surface area contributed by atoms with Crippen LogP contribution >= 0.6 is 0 Å². The molecule has 0 bridgehead atoms. The molecule has 1 unspecified atom stereocenters. The van der Waals surface area contributed by atoms with Gasteiger partial charge in [0.25, 0.3) is 5.91 Å². The Kier molecular flexibility index (Phi) is 5.57. The largest absolute Gasteiger partial charge is 0.396 e. The summed E-state index contributed by atoms with van der Waals surface area (Å²) in [5.74, 6) is 0.119. The van der Waals surface area contributed by atoms with Crippen molar-refractivity contribution < 1.29 is 14.6 Å². The van der Waals surface area contributed by atoms with Crippen LogP contribution in [0.5, 0.6) is 0 Å². The standard InChI is InChI=1S/C20H29NO3/c1-24-12-4-10-20(15-22)9-3-11-21(14-20)19(23)18-8-7-16-5-2-6-17(16)13-18/h7-8,13,22H,2-6,9-12,14-15H2,1H3. The lowest BCUT2D eigenvalue weighted by Crippen LogP contribution is -2.48. The molecule has 1 saturated heterocycles. The van der Waals surface area contributed by atoms with Crippen molar-refractivity contribution in [1.29, 1.82) is 0 Å². The summed E-state index contributed by atoms with van der Waals surface area (Å²) < 4.78 is 5.15. The highest BCUT2D eigenvalue weighted by Crippen LogP contribution is 2.35. The van der Waals surface area contributed by atoms with E-state index >= 15 is 0 Å². The average Bonchev–Trinajstić information content (AvgIpc) is 3.09. The first kappa shape index (κ1) is 17.4. The molecule has 1 N–H and O–H groups in total. The third-order valence-corrected chi connectivity index (χ3v) is 5.69. The SMILES string of the molecule is COCCCC1(CO)CCCN(C(=O)c2ccc3c(c2)CCC3)C1. The van der Waals surface area contributed by atoms with Crippen molar-refractivity contribution in [2.45, 2.75) is 44.9 Å². The molecule has 3 rings (SSSR count). The molecule has 0 spiro atoms. The number of hydrogen-bond donors (Lipinski definition) is 1. The Morgan fingerprint density at radius 1 is 1.29 bits per heavy atom. The van der Waals surface area contributed by atoms with Crippen LogP contribution in [0.2, 0.25) is 0 Å². The second-order valence-corrected chi connectivity index (χ2v) is 7.42. The van der Waals surface area contributed by atoms with Crippen LogP contribution in [0.25, 0.3) is 0 Å². The zero-order chi connectivity index (χ0) is 17.0. The summed E-state index contributed by atoms with van der Waals surface area (Å²) >= 11 is 0. The minimum absolute atomic E-state index is 0.119. The lowest BCUT2D eigenvalue weighted by molar-refractivity contribution is 0.0180. The van der Waals surface area contributed by atoms with E-state index in [0.717, 1.165) is 50.6 Å². The Bertz CT molecular complexity index is 586. The van der Waals surface area contributed by atoms with E-state index in [1.807, 2.05) is 11.0 Å². The molecule has 0 aromatic heterocycles. The fourth-order valence-corrected chi connectivity index (χ4v) is 4.27. The highest BCUT2D eigenvalue weighted by molar-refractivity contribution is 5.94. The fraction of sp³-hybridized carbons (Fsp3) is 0.650. The molecule has 2 aliphatic rings. The number of piperidine rings is 1. The smallest absolute Gasteiger partial charge is 0.253 e. The molecule has 1 aromatic carbocycles. The minimum atomic E-state index is -0.164. The summed E-state index contributed by atoms with van der Waals surface area (Å²) in [5.41, 5.74) is 3.38. The molecule has 1 aliphatic heterocycles. The van der Waals surface area contributed by atoms with Gasteiger partial charge in [-0.2, -0.15) is 0 Å². The van der Waals surface area contributed by atoms with E-state index in [9.17, 15) is 9.90 Å². The van der Waals surface area contributed by atoms with Gasteiger partial charge in [-0.15, -0.1) is 0 Å². The maximum absolute atomic E-state index is 13.0. The predicted molar refractivity (Wildman–Crippen MR) is 94.2 cm³/mol. The van der Waals surface area contributed by atoms with Gasteiger partial charge in [-0.3, -0.25) is 4.79 Å². The van der Waals surface area contributed by atoms with Crippen LogP contribution in [0.1, 0.15) is 53.6 Å². The summed E-state index contributed by atoms with van der Waals surface area (Å²) in [5, 5.41) is 9.96. The van der Waals surface area contributed by atoms with E-state index in [0.29, 0.717) is 13.2 Å². The van der Waals surface area contributed by atoms with Gasteiger partial charge in [0.05, 0.1) is 6.61 Å². The van der Waals surface area contributed by atoms with Crippen LogP contribution in [-0.4, -0.2) is 49.3 Å². The molecule has 1 aliphatic carbocycles. The van der Waals surface area contributed by atoms with Crippen molar-refractivity contribution in [3.8, 4) is 0 Å². The number of carbonyl (C=O) groups is 1. The van der Waals surface area contributed by atoms with E-state index in [1.54, 1.807) is 7.11 Å². The Morgan fingerprint density at radius 2 is 2.12 bits per heavy atom. The van der Waals surface area contributed by atoms with E-state index in [1.165, 1.54) is 17.5 Å². The number of carbonyl (C=O) groups excluding carboxylic acids is 1. The van der Waals surface area contributed by atoms with E-state index < -0.39 is 0 Å². The van der Waals surface area contributed by atoms with Gasteiger partial charge >= 0.3 is 0 Å². The van der Waals surface area contributed by atoms with Crippen molar-refractivity contribution in [2.24, 2.45) is 5.41 Å². The van der Waals surface area contributed by atoms with Crippen LogP contribution in [0.15, 0.2) is 18.2 Å². The zero-order valence-electron chi connectivity index (χ0n) is 14.7. The number of nitrogens with zero attached hydrogens (tertiary/aromatic N) is 1. The molecular weight excluding hydrogens is 302 g/mol. The minimum Gasteiger partial charge on any atom is -0.396 e. The summed E-state index contributed by atoms with van der Waals surface area (Å²) in [6.07, 6.45) is 7.22. The summed E-state index contributed by atoms with van der Waals surface area (Å²) in [7, 11) is 1.70. The first-order chi connectivity index (χ1) is 11.7. The van der Waals surface area contributed by atoms with Crippen molar-refractivity contribution >= 4 is 5.91 Å². The summed E-state index contributed by atoms with van der Waals surface area (Å²) in [6.45, 7) is 2.30. The summed E-state index contributed by atoms with van der Waals surface area (Å²) in [4.78, 5) is 14.9. The van der Waals surface area contributed by atoms with Crippen molar-refractivity contribution in [2.75, 3.05) is 33.4 Å². The molecule has 4 heteroatoms. The molecule has 1 aromatic rings. The second-order valence-electron chi connectivity index (χ2n) is 7.42. The number of rotatable bonds is 6. The van der Waals surface area contributed by atoms with Crippen LogP contribution in [-0.2, 0) is 17.6 Å². The molecule has 0 radical (unpaired) electrons. The number of methoxy groups -OCH3 is 1. The molecule has 132 valence electrons. The number of ether oxygens (including phenoxy) is 1. The Morgan fingerprint density at radius 3 is 2.92 bits per heavy atom. The Hall–Kier alpha value is -1.39. The van der Waals surface area contributed by atoms with E-state index in [4.69, 9.17) is 4.74 Å². The third kappa shape index (κ3) is 3.65. The zero-order valence-corrected chi connectivity index (χ0v) is 14.7. The summed E-state index contributed by atoms with van der Waals surface area (Å²) in [6, 6.07) is 6.19. The number of aliphatic hydroxyl groups is 1. The van der Waals surface area contributed by atoms with Crippen molar-refractivity contribution in [3.05, 3.63) is 34.9 Å². The van der Waals surface area contributed by atoms with Crippen LogP contribution < -0.4 is 0 Å². The number of hydrogen-bond acceptors (Lipinski definition) is 3. The quantitative estimate of drug-likeness (QED) is 0.816. The number of fused-ring (bicyclic) bond motifs is 1. The maximum Gasteiger partial charge on any atom is 0.253 e. The fourth-order valence-electron chi connectivity index (χ4n) is 4.27. The molecule has 4 nitrogen and oxygen atoms in total. The van der Waals surface area contributed by atoms with Gasteiger partial charge in [-0.25, -0.2) is 0 Å². The van der Waals surface area contributed by atoms with Crippen LogP contribution in [0.3, 0.4) is 0 Å². The van der Waals surface area contributed by atoms with Crippen molar-refractivity contribution in [1.82, 2.24) is 4.90 Å². The highest BCUT2D eigenvalue weighted by atomic mass is 16.5. The molecule has 0 saturated carbocycles. The maximum atomic E-state index is 13.0. The van der Waals surface area contributed by atoms with Gasteiger partial charge in [0, 0.05) is 37.8 Å². The number of benzene rings is 1. The first-order valence-electron chi connectivity index (χ1n) is 9.18. The Balaban J connectivity index is 1.70. The number of likely N-dealkylation sites (tertiary alicyclic amines) is 1. The normalized spacial score (nSPS) is 23.3. The number of amides is 1. The van der Waals surface area contributed by atoms with E-state index in [2.05, 4.69) is 12.1 Å². The monoisotopic (exact) mass is 331 g/mol. The van der Waals surface area contributed by atoms with Gasteiger partial charge in [0.15, 0.2) is 0 Å². The predicted octanol–water partition coefficient (Wildman–Crippen LogP) is 2.82. The third-order valence-electron chi connectivity index (χ3n) is 5.69. The highest BCUT2D eigenvalue weighted by Gasteiger charge is 2.36. The topological polar surface area (TPSA) is 49.8 Å². The van der Waals surface area contributed by atoms with Gasteiger partial charge in [0.2, 0.25) is 0 Å². The van der Waals surface area contributed by atoms with Gasteiger partial charge < -0.3 is 14.7 Å². The number of aliphatic hydroxyl groups excluding tert-OH is 1. The van der Waals surface area contributed by atoms with Crippen LogP contribution in [0.4, 0.5) is 0 Å². The first-order valence-corrected chi connectivity index (χ1v) is 9.18. The number of aryl methyl sites for hydroxylation is 2. The second kappa shape index (κ2) is 7.66. The van der Waals surface area contributed by atoms with Crippen molar-refractivity contribution in [3.63, 3.8) is 0 Å². The molecule has 24 heavy (non-hydrogen) atoms. The molecule has 1 atom stereocenters.